The fourth-order valence-corrected chi connectivity index (χ4v) is 3.92. The minimum Gasteiger partial charge on any atom is -0.298 e. The number of nitro benzene ring substituents is 1. The molecule has 1 atom stereocenters. The molecule has 0 aromatic heterocycles. The van der Waals surface area contributed by atoms with Crippen molar-refractivity contribution in [2.45, 2.75) is 31.6 Å². The van der Waals surface area contributed by atoms with Gasteiger partial charge in [-0.3, -0.25) is 19.8 Å². The van der Waals surface area contributed by atoms with Gasteiger partial charge in [0, 0.05) is 30.3 Å². The average Bonchev–Trinajstić information content (AvgIpc) is 2.73. The van der Waals surface area contributed by atoms with Gasteiger partial charge in [-0.25, -0.2) is 0 Å². The lowest BCUT2D eigenvalue weighted by Gasteiger charge is -2.24. The molecular weight excluding hydrogens is 386 g/mol. The van der Waals surface area contributed by atoms with Crippen LogP contribution >= 0.6 is 11.8 Å². The second-order valence-electron chi connectivity index (χ2n) is 6.91. The van der Waals surface area contributed by atoms with Crippen LogP contribution < -0.4 is 0 Å². The maximum atomic E-state index is 12.3. The van der Waals surface area contributed by atoms with Crippen LogP contribution in [0.15, 0.2) is 48.5 Å². The van der Waals surface area contributed by atoms with Crippen LogP contribution in [0, 0.1) is 21.4 Å². The van der Waals surface area contributed by atoms with E-state index in [4.69, 9.17) is 5.26 Å². The van der Waals surface area contributed by atoms with E-state index >= 15 is 0 Å². The lowest BCUT2D eigenvalue weighted by Crippen LogP contribution is -2.28. The number of nitro groups is 1. The summed E-state index contributed by atoms with van der Waals surface area (Å²) in [6.45, 7) is 2.25. The summed E-state index contributed by atoms with van der Waals surface area (Å²) in [5.74, 6) is 1.78. The standard InChI is InChI=1S/C22H25N3O3S/c1-17(18-9-5-10-21(13-18)25(27)28)24(2)15-22(26)11-6-12-29-16-20-8-4-3-7-19(20)14-23/h3-5,7-10,13,17H,6,11-12,15-16H2,1-2H3. The van der Waals surface area contributed by atoms with Crippen LogP contribution in [0.3, 0.4) is 0 Å². The van der Waals surface area contributed by atoms with Crippen LogP contribution in [0.1, 0.15) is 42.5 Å². The van der Waals surface area contributed by atoms with Crippen LogP contribution in [0.4, 0.5) is 5.69 Å². The molecular formula is C22H25N3O3S. The average molecular weight is 412 g/mol. The van der Waals surface area contributed by atoms with Gasteiger partial charge in [-0.2, -0.15) is 17.0 Å². The van der Waals surface area contributed by atoms with Crippen LogP contribution in [-0.2, 0) is 10.5 Å². The molecule has 1 unspecified atom stereocenters. The van der Waals surface area contributed by atoms with Crippen molar-refractivity contribution >= 4 is 23.2 Å². The highest BCUT2D eigenvalue weighted by molar-refractivity contribution is 7.98. The molecule has 0 aliphatic heterocycles. The van der Waals surface area contributed by atoms with E-state index in [1.165, 1.54) is 6.07 Å². The molecule has 0 aliphatic rings. The molecule has 0 radical (unpaired) electrons. The third kappa shape index (κ3) is 7.00. The van der Waals surface area contributed by atoms with Crippen molar-refractivity contribution in [3.8, 4) is 6.07 Å². The number of ketones is 1. The van der Waals surface area contributed by atoms with Crippen LogP contribution in [-0.4, -0.2) is 35.0 Å². The third-order valence-electron chi connectivity index (χ3n) is 4.79. The summed E-state index contributed by atoms with van der Waals surface area (Å²) in [7, 11) is 1.86. The Balaban J connectivity index is 1.74. The molecule has 29 heavy (non-hydrogen) atoms. The van der Waals surface area contributed by atoms with Crippen LogP contribution in [0.2, 0.25) is 0 Å². The highest BCUT2D eigenvalue weighted by Gasteiger charge is 2.17. The number of Topliss-reactive ketones (excluding diaryl/α,β-unsaturated/α-hetero) is 1. The summed E-state index contributed by atoms with van der Waals surface area (Å²) in [6, 6.07) is 16.2. The Morgan fingerprint density at radius 2 is 2.03 bits per heavy atom. The Morgan fingerprint density at radius 3 is 2.76 bits per heavy atom. The van der Waals surface area contributed by atoms with Crippen molar-refractivity contribution < 1.29 is 9.72 Å². The van der Waals surface area contributed by atoms with E-state index < -0.39 is 4.92 Å². The fourth-order valence-electron chi connectivity index (χ4n) is 2.96. The minimum absolute atomic E-state index is 0.0593. The van der Waals surface area contributed by atoms with E-state index in [-0.39, 0.29) is 17.5 Å². The molecule has 0 spiro atoms. The second-order valence-corrected chi connectivity index (χ2v) is 8.01. The SMILES string of the molecule is CC(c1cccc([N+](=O)[O-])c1)N(C)CC(=O)CCCSCc1ccccc1C#N. The van der Waals surface area contributed by atoms with Gasteiger partial charge in [-0.1, -0.05) is 30.3 Å². The molecule has 2 rings (SSSR count). The molecule has 0 saturated heterocycles. The summed E-state index contributed by atoms with van der Waals surface area (Å²) in [5.41, 5.74) is 2.61. The van der Waals surface area contributed by atoms with E-state index in [1.54, 1.807) is 23.9 Å². The Bertz CT molecular complexity index is 895. The van der Waals surface area contributed by atoms with Gasteiger partial charge in [-0.05, 0) is 43.3 Å². The maximum absolute atomic E-state index is 12.3. The van der Waals surface area contributed by atoms with Crippen molar-refractivity contribution in [3.63, 3.8) is 0 Å². The van der Waals surface area contributed by atoms with Crippen molar-refractivity contribution in [3.05, 3.63) is 75.3 Å². The van der Waals surface area contributed by atoms with Gasteiger partial charge < -0.3 is 0 Å². The number of thioether (sulfide) groups is 1. The zero-order valence-corrected chi connectivity index (χ0v) is 17.5. The van der Waals surface area contributed by atoms with E-state index in [2.05, 4.69) is 6.07 Å². The molecule has 0 aliphatic carbocycles. The predicted octanol–water partition coefficient (Wildman–Crippen LogP) is 4.74. The first kappa shape index (κ1) is 22.6. The van der Waals surface area contributed by atoms with E-state index in [0.29, 0.717) is 18.5 Å². The van der Waals surface area contributed by atoms with Crippen molar-refractivity contribution in [1.82, 2.24) is 4.90 Å². The number of benzene rings is 2. The molecule has 2 aromatic rings. The Kier molecular flexibility index (Phi) is 8.84. The first-order valence-corrected chi connectivity index (χ1v) is 10.6. The molecule has 0 heterocycles. The summed E-state index contributed by atoms with van der Waals surface area (Å²) < 4.78 is 0. The van der Waals surface area contributed by atoms with Gasteiger partial charge in [0.2, 0.25) is 0 Å². The number of nitriles is 1. The van der Waals surface area contributed by atoms with Gasteiger partial charge in [0.1, 0.15) is 5.78 Å². The molecule has 0 saturated carbocycles. The van der Waals surface area contributed by atoms with Crippen molar-refractivity contribution in [1.29, 1.82) is 5.26 Å². The van der Waals surface area contributed by atoms with Gasteiger partial charge in [0.15, 0.2) is 0 Å². The van der Waals surface area contributed by atoms with Crippen molar-refractivity contribution in [2.24, 2.45) is 0 Å². The zero-order valence-electron chi connectivity index (χ0n) is 16.7. The Morgan fingerprint density at radius 1 is 1.28 bits per heavy atom. The molecule has 6 nitrogen and oxygen atoms in total. The number of hydrogen-bond donors (Lipinski definition) is 0. The number of carbonyl (C=O) groups is 1. The first-order valence-electron chi connectivity index (χ1n) is 9.44. The molecule has 152 valence electrons. The van der Waals surface area contributed by atoms with Gasteiger partial charge in [0.25, 0.3) is 5.69 Å². The Hall–Kier alpha value is -2.69. The highest BCUT2D eigenvalue weighted by atomic mass is 32.2. The van der Waals surface area contributed by atoms with E-state index in [0.717, 1.165) is 29.1 Å². The largest absolute Gasteiger partial charge is 0.298 e. The molecule has 0 bridgehead atoms. The van der Waals surface area contributed by atoms with Crippen molar-refractivity contribution in [2.75, 3.05) is 19.3 Å². The first-order chi connectivity index (χ1) is 13.9. The molecule has 7 heteroatoms. The number of likely N-dealkylation sites (N-methyl/N-ethyl adjacent to an activating group) is 1. The molecule has 0 N–H and O–H groups in total. The molecule has 0 fully saturated rings. The number of rotatable bonds is 11. The Labute approximate surface area is 175 Å². The summed E-state index contributed by atoms with van der Waals surface area (Å²) in [4.78, 5) is 24.7. The smallest absolute Gasteiger partial charge is 0.269 e. The third-order valence-corrected chi connectivity index (χ3v) is 5.88. The normalized spacial score (nSPS) is 11.8. The topological polar surface area (TPSA) is 87.2 Å². The van der Waals surface area contributed by atoms with Gasteiger partial charge >= 0.3 is 0 Å². The molecule has 2 aromatic carbocycles. The monoisotopic (exact) mass is 411 g/mol. The minimum atomic E-state index is -0.409. The fraction of sp³-hybridized carbons (Fsp3) is 0.364. The number of non-ortho nitro benzene ring substituents is 1. The lowest BCUT2D eigenvalue weighted by molar-refractivity contribution is -0.384. The zero-order chi connectivity index (χ0) is 21.2. The van der Waals surface area contributed by atoms with Crippen LogP contribution in [0.5, 0.6) is 0 Å². The maximum Gasteiger partial charge on any atom is 0.269 e. The second kappa shape index (κ2) is 11.3. The summed E-state index contributed by atoms with van der Waals surface area (Å²) in [6.07, 6.45) is 1.29. The molecule has 0 amide bonds. The van der Waals surface area contributed by atoms with Crippen LogP contribution in [0.25, 0.3) is 0 Å². The quantitative estimate of drug-likeness (QED) is 0.301. The summed E-state index contributed by atoms with van der Waals surface area (Å²) >= 11 is 1.72. The number of hydrogen-bond acceptors (Lipinski definition) is 6. The van der Waals surface area contributed by atoms with E-state index in [1.807, 2.05) is 49.2 Å². The predicted molar refractivity (Wildman–Crippen MR) is 116 cm³/mol. The van der Waals surface area contributed by atoms with Gasteiger partial charge in [0.05, 0.1) is 23.1 Å². The van der Waals surface area contributed by atoms with E-state index in [9.17, 15) is 14.9 Å². The number of nitrogens with zero attached hydrogens (tertiary/aromatic N) is 3. The highest BCUT2D eigenvalue weighted by Crippen LogP contribution is 2.23. The lowest BCUT2D eigenvalue weighted by atomic mass is 10.1. The van der Waals surface area contributed by atoms with Gasteiger partial charge in [-0.15, -0.1) is 0 Å². The summed E-state index contributed by atoms with van der Waals surface area (Å²) in [5, 5.41) is 20.0. The number of carbonyl (C=O) groups excluding carboxylic acids is 1.